The van der Waals surface area contributed by atoms with E-state index in [4.69, 9.17) is 14.3 Å². The maximum absolute atomic E-state index is 12.5. The molecule has 1 aromatic heterocycles. The van der Waals surface area contributed by atoms with Gasteiger partial charge < -0.3 is 19.6 Å². The predicted molar refractivity (Wildman–Crippen MR) is 91.7 cm³/mol. The Morgan fingerprint density at radius 2 is 1.88 bits per heavy atom. The molecular formula is C19H17NO5. The topological polar surface area (TPSA) is 88.8 Å². The fraction of sp³-hybridized carbons (Fsp3) is 0.158. The van der Waals surface area contributed by atoms with E-state index in [1.165, 1.54) is 0 Å². The molecule has 3 rings (SSSR count). The molecule has 128 valence electrons. The third-order valence-electron chi connectivity index (χ3n) is 3.85. The van der Waals surface area contributed by atoms with Crippen LogP contribution in [0.5, 0.6) is 5.75 Å². The van der Waals surface area contributed by atoms with Crippen molar-refractivity contribution in [1.29, 1.82) is 0 Å². The molecule has 2 aromatic carbocycles. The lowest BCUT2D eigenvalue weighted by Crippen LogP contribution is -2.29. The van der Waals surface area contributed by atoms with Gasteiger partial charge in [-0.05, 0) is 29.8 Å². The van der Waals surface area contributed by atoms with Crippen molar-refractivity contribution >= 4 is 22.8 Å². The Morgan fingerprint density at radius 3 is 2.52 bits per heavy atom. The van der Waals surface area contributed by atoms with Gasteiger partial charge in [0.1, 0.15) is 11.3 Å². The zero-order valence-electron chi connectivity index (χ0n) is 13.6. The molecular weight excluding hydrogens is 322 g/mol. The van der Waals surface area contributed by atoms with Gasteiger partial charge in [0.25, 0.3) is 5.91 Å². The van der Waals surface area contributed by atoms with Crippen molar-refractivity contribution in [2.45, 2.75) is 12.5 Å². The molecule has 0 saturated carbocycles. The largest absolute Gasteiger partial charge is 0.497 e. The van der Waals surface area contributed by atoms with Gasteiger partial charge >= 0.3 is 5.97 Å². The van der Waals surface area contributed by atoms with Crippen molar-refractivity contribution in [3.05, 3.63) is 65.9 Å². The smallest absolute Gasteiger partial charge is 0.305 e. The van der Waals surface area contributed by atoms with E-state index in [-0.39, 0.29) is 12.2 Å². The van der Waals surface area contributed by atoms with Crippen LogP contribution in [0, 0.1) is 0 Å². The third-order valence-corrected chi connectivity index (χ3v) is 3.85. The Labute approximate surface area is 144 Å². The van der Waals surface area contributed by atoms with Crippen LogP contribution in [-0.4, -0.2) is 24.1 Å². The standard InChI is InChI=1S/C19H17NO5/c1-24-14-8-6-12(7-9-14)15(11-18(21)22)20-19(23)17-10-13-4-2-3-5-16(13)25-17/h2-10,15H,11H2,1H3,(H,20,23)(H,21,22). The van der Waals surface area contributed by atoms with E-state index < -0.39 is 17.9 Å². The van der Waals surface area contributed by atoms with Crippen LogP contribution in [0.1, 0.15) is 28.6 Å². The van der Waals surface area contributed by atoms with Gasteiger partial charge in [0.15, 0.2) is 5.76 Å². The van der Waals surface area contributed by atoms with Gasteiger partial charge in [0, 0.05) is 5.39 Å². The zero-order valence-corrected chi connectivity index (χ0v) is 13.6. The van der Waals surface area contributed by atoms with E-state index in [0.717, 1.165) is 5.39 Å². The van der Waals surface area contributed by atoms with Gasteiger partial charge in [-0.1, -0.05) is 30.3 Å². The highest BCUT2D eigenvalue weighted by Crippen LogP contribution is 2.23. The number of carbonyl (C=O) groups excluding carboxylic acids is 1. The highest BCUT2D eigenvalue weighted by molar-refractivity contribution is 5.96. The van der Waals surface area contributed by atoms with Crippen molar-refractivity contribution in [1.82, 2.24) is 5.32 Å². The van der Waals surface area contributed by atoms with Gasteiger partial charge in [-0.3, -0.25) is 9.59 Å². The lowest BCUT2D eigenvalue weighted by atomic mass is 10.0. The fourth-order valence-corrected chi connectivity index (χ4v) is 2.59. The molecule has 0 saturated heterocycles. The Balaban J connectivity index is 1.83. The van der Waals surface area contributed by atoms with E-state index in [9.17, 15) is 9.59 Å². The number of furan rings is 1. The molecule has 0 fully saturated rings. The highest BCUT2D eigenvalue weighted by Gasteiger charge is 2.21. The monoisotopic (exact) mass is 339 g/mol. The molecule has 0 spiro atoms. The zero-order chi connectivity index (χ0) is 17.8. The summed E-state index contributed by atoms with van der Waals surface area (Å²) in [5.74, 6) is -0.671. The van der Waals surface area contributed by atoms with Crippen molar-refractivity contribution in [2.75, 3.05) is 7.11 Å². The summed E-state index contributed by atoms with van der Waals surface area (Å²) in [5, 5.41) is 12.7. The summed E-state index contributed by atoms with van der Waals surface area (Å²) >= 11 is 0. The summed E-state index contributed by atoms with van der Waals surface area (Å²) in [7, 11) is 1.55. The molecule has 25 heavy (non-hydrogen) atoms. The van der Waals surface area contributed by atoms with Crippen molar-refractivity contribution in [3.8, 4) is 5.75 Å². The van der Waals surface area contributed by atoms with E-state index in [0.29, 0.717) is 16.9 Å². The molecule has 2 N–H and O–H groups in total. The SMILES string of the molecule is COc1ccc(C(CC(=O)O)NC(=O)c2cc3ccccc3o2)cc1. The van der Waals surface area contributed by atoms with Gasteiger partial charge in [0.05, 0.1) is 19.6 Å². The minimum atomic E-state index is -1.01. The Hall–Kier alpha value is -3.28. The molecule has 0 aliphatic rings. The number of carboxylic acids is 1. The van der Waals surface area contributed by atoms with Crippen LogP contribution in [0.25, 0.3) is 11.0 Å². The van der Waals surface area contributed by atoms with E-state index in [1.54, 1.807) is 43.5 Å². The number of hydrogen-bond donors (Lipinski definition) is 2. The molecule has 3 aromatic rings. The second-order valence-corrected chi connectivity index (χ2v) is 5.55. The molecule has 6 nitrogen and oxygen atoms in total. The van der Waals surface area contributed by atoms with Crippen LogP contribution in [0.4, 0.5) is 0 Å². The number of hydrogen-bond acceptors (Lipinski definition) is 4. The summed E-state index contributed by atoms with van der Waals surface area (Å²) in [5.41, 5.74) is 1.28. The second-order valence-electron chi connectivity index (χ2n) is 5.55. The van der Waals surface area contributed by atoms with Crippen LogP contribution in [0.3, 0.4) is 0 Å². The maximum Gasteiger partial charge on any atom is 0.305 e. The average molecular weight is 339 g/mol. The van der Waals surface area contributed by atoms with E-state index in [2.05, 4.69) is 5.32 Å². The minimum absolute atomic E-state index is 0.144. The van der Waals surface area contributed by atoms with Crippen LogP contribution in [0.2, 0.25) is 0 Å². The van der Waals surface area contributed by atoms with Crippen LogP contribution >= 0.6 is 0 Å². The van der Waals surface area contributed by atoms with Crippen LogP contribution in [0.15, 0.2) is 59.0 Å². The molecule has 1 atom stereocenters. The molecule has 0 bridgehead atoms. The lowest BCUT2D eigenvalue weighted by molar-refractivity contribution is -0.137. The number of carboxylic acid groups (broad SMARTS) is 1. The van der Waals surface area contributed by atoms with Gasteiger partial charge in [-0.15, -0.1) is 0 Å². The summed E-state index contributed by atoms with van der Waals surface area (Å²) < 4.78 is 10.6. The first kappa shape index (κ1) is 16.6. The molecule has 0 aliphatic carbocycles. The second kappa shape index (κ2) is 7.09. The quantitative estimate of drug-likeness (QED) is 0.718. The number of rotatable bonds is 6. The first-order valence-corrected chi connectivity index (χ1v) is 7.72. The molecule has 1 amide bonds. The third kappa shape index (κ3) is 3.80. The molecule has 1 unspecified atom stereocenters. The van der Waals surface area contributed by atoms with Crippen LogP contribution in [-0.2, 0) is 4.79 Å². The summed E-state index contributed by atoms with van der Waals surface area (Å²) in [6, 6.07) is 15.1. The number of nitrogens with one attached hydrogen (secondary N) is 1. The number of methoxy groups -OCH3 is 1. The summed E-state index contributed by atoms with van der Waals surface area (Å²) in [6.07, 6.45) is -0.238. The van der Waals surface area contributed by atoms with Gasteiger partial charge in [-0.2, -0.15) is 0 Å². The van der Waals surface area contributed by atoms with Crippen molar-refractivity contribution < 1.29 is 23.8 Å². The Bertz CT molecular complexity index is 865. The summed E-state index contributed by atoms with van der Waals surface area (Å²) in [4.78, 5) is 23.6. The maximum atomic E-state index is 12.5. The van der Waals surface area contributed by atoms with E-state index in [1.807, 2.05) is 18.2 Å². The average Bonchev–Trinajstić information content (AvgIpc) is 3.05. The molecule has 0 aliphatic heterocycles. The minimum Gasteiger partial charge on any atom is -0.497 e. The number of carbonyl (C=O) groups is 2. The molecule has 1 heterocycles. The predicted octanol–water partition coefficient (Wildman–Crippen LogP) is 3.39. The van der Waals surface area contributed by atoms with Crippen LogP contribution < -0.4 is 10.1 Å². The molecule has 0 radical (unpaired) electrons. The number of ether oxygens (including phenoxy) is 1. The number of benzene rings is 2. The normalized spacial score (nSPS) is 11.9. The van der Waals surface area contributed by atoms with E-state index >= 15 is 0 Å². The highest BCUT2D eigenvalue weighted by atomic mass is 16.5. The van der Waals surface area contributed by atoms with Crippen molar-refractivity contribution in [2.24, 2.45) is 0 Å². The van der Waals surface area contributed by atoms with Crippen molar-refractivity contribution in [3.63, 3.8) is 0 Å². The number of fused-ring (bicyclic) bond motifs is 1. The Morgan fingerprint density at radius 1 is 1.16 bits per heavy atom. The first-order chi connectivity index (χ1) is 12.1. The Kier molecular flexibility index (Phi) is 4.70. The lowest BCUT2D eigenvalue weighted by Gasteiger charge is -2.17. The number of amides is 1. The summed E-state index contributed by atoms with van der Waals surface area (Å²) in [6.45, 7) is 0. The fourth-order valence-electron chi connectivity index (χ4n) is 2.59. The molecule has 6 heteroatoms. The number of para-hydroxylation sites is 1. The van der Waals surface area contributed by atoms with Gasteiger partial charge in [-0.25, -0.2) is 0 Å². The first-order valence-electron chi connectivity index (χ1n) is 7.72. The van der Waals surface area contributed by atoms with Gasteiger partial charge in [0.2, 0.25) is 0 Å². The number of aliphatic carboxylic acids is 1.